The number of anilines is 1. The number of carboxylic acids is 1. The summed E-state index contributed by atoms with van der Waals surface area (Å²) in [5.41, 5.74) is 1.12. The number of benzene rings is 1. The Balaban J connectivity index is 2.69. The fourth-order valence-corrected chi connectivity index (χ4v) is 1.58. The highest BCUT2D eigenvalue weighted by molar-refractivity contribution is 5.94. The standard InChI is InChI=1S/C13H16N2O5/c1-7-6-9(4-5-10(7)11(16)17)15-13(19)14-8(2)12(18)20-3/h4-6,8H,1-3H3,(H,16,17)(H2,14,15,19). The number of aromatic carboxylic acids is 1. The summed E-state index contributed by atoms with van der Waals surface area (Å²) in [4.78, 5) is 33.6. The summed E-state index contributed by atoms with van der Waals surface area (Å²) in [6.45, 7) is 3.12. The van der Waals surface area contributed by atoms with Crippen molar-refractivity contribution in [3.05, 3.63) is 29.3 Å². The Morgan fingerprint density at radius 2 is 1.95 bits per heavy atom. The van der Waals surface area contributed by atoms with Crippen LogP contribution in [0.1, 0.15) is 22.8 Å². The zero-order valence-corrected chi connectivity index (χ0v) is 11.4. The molecule has 0 spiro atoms. The Morgan fingerprint density at radius 1 is 1.30 bits per heavy atom. The summed E-state index contributed by atoms with van der Waals surface area (Å²) in [5, 5.41) is 13.8. The summed E-state index contributed by atoms with van der Waals surface area (Å²) < 4.78 is 4.48. The van der Waals surface area contributed by atoms with Crippen LogP contribution < -0.4 is 10.6 Å². The van der Waals surface area contributed by atoms with Gasteiger partial charge in [0.05, 0.1) is 12.7 Å². The predicted octanol–water partition coefficient (Wildman–Crippen LogP) is 1.38. The molecule has 1 atom stereocenters. The molecule has 3 N–H and O–H groups in total. The Labute approximate surface area is 115 Å². The summed E-state index contributed by atoms with van der Waals surface area (Å²) in [6, 6.07) is 3.05. The minimum Gasteiger partial charge on any atom is -0.478 e. The SMILES string of the molecule is COC(=O)C(C)NC(=O)Nc1ccc(C(=O)O)c(C)c1. The lowest BCUT2D eigenvalue weighted by molar-refractivity contribution is -0.142. The molecule has 0 radical (unpaired) electrons. The van der Waals surface area contributed by atoms with Crippen LogP contribution in [0.2, 0.25) is 0 Å². The Kier molecular flexibility index (Phi) is 5.08. The molecular formula is C13H16N2O5. The molecular weight excluding hydrogens is 264 g/mol. The molecule has 1 unspecified atom stereocenters. The molecule has 1 aromatic carbocycles. The van der Waals surface area contributed by atoms with Gasteiger partial charge in [0.1, 0.15) is 6.04 Å². The first-order valence-corrected chi connectivity index (χ1v) is 5.84. The third-order valence-corrected chi connectivity index (χ3v) is 2.62. The lowest BCUT2D eigenvalue weighted by Crippen LogP contribution is -2.41. The average molecular weight is 280 g/mol. The van der Waals surface area contributed by atoms with E-state index in [1.54, 1.807) is 6.92 Å². The van der Waals surface area contributed by atoms with Crippen LogP contribution in [0.4, 0.5) is 10.5 Å². The summed E-state index contributed by atoms with van der Waals surface area (Å²) in [5.74, 6) is -1.59. The molecule has 1 rings (SSSR count). The highest BCUT2D eigenvalue weighted by Crippen LogP contribution is 2.15. The first-order chi connectivity index (χ1) is 9.35. The first-order valence-electron chi connectivity index (χ1n) is 5.84. The van der Waals surface area contributed by atoms with Gasteiger partial charge in [0, 0.05) is 5.69 Å². The van der Waals surface area contributed by atoms with Crippen molar-refractivity contribution in [1.82, 2.24) is 5.32 Å². The monoisotopic (exact) mass is 280 g/mol. The van der Waals surface area contributed by atoms with E-state index in [9.17, 15) is 14.4 Å². The van der Waals surface area contributed by atoms with Gasteiger partial charge in [-0.25, -0.2) is 14.4 Å². The van der Waals surface area contributed by atoms with Crippen LogP contribution in [0.3, 0.4) is 0 Å². The molecule has 0 aromatic heterocycles. The van der Waals surface area contributed by atoms with Crippen molar-refractivity contribution in [2.45, 2.75) is 19.9 Å². The number of hydrogen-bond acceptors (Lipinski definition) is 4. The predicted molar refractivity (Wildman–Crippen MR) is 71.8 cm³/mol. The number of nitrogens with one attached hydrogen (secondary N) is 2. The second kappa shape index (κ2) is 6.55. The second-order valence-corrected chi connectivity index (χ2v) is 4.18. The van der Waals surface area contributed by atoms with Crippen molar-refractivity contribution in [2.75, 3.05) is 12.4 Å². The van der Waals surface area contributed by atoms with Crippen LogP contribution in [0.25, 0.3) is 0 Å². The fraction of sp³-hybridized carbons (Fsp3) is 0.308. The minimum absolute atomic E-state index is 0.166. The maximum atomic E-state index is 11.6. The van der Waals surface area contributed by atoms with E-state index >= 15 is 0 Å². The molecule has 0 bridgehead atoms. The largest absolute Gasteiger partial charge is 0.478 e. The van der Waals surface area contributed by atoms with E-state index in [0.29, 0.717) is 11.3 Å². The van der Waals surface area contributed by atoms with E-state index in [-0.39, 0.29) is 5.56 Å². The van der Waals surface area contributed by atoms with Crippen molar-refractivity contribution in [3.63, 3.8) is 0 Å². The van der Waals surface area contributed by atoms with Crippen LogP contribution in [0, 0.1) is 6.92 Å². The molecule has 20 heavy (non-hydrogen) atoms. The molecule has 0 aliphatic heterocycles. The third kappa shape index (κ3) is 3.98. The lowest BCUT2D eigenvalue weighted by Gasteiger charge is -2.13. The maximum absolute atomic E-state index is 11.6. The smallest absolute Gasteiger partial charge is 0.335 e. The molecule has 7 heteroatoms. The van der Waals surface area contributed by atoms with Crippen molar-refractivity contribution in [1.29, 1.82) is 0 Å². The van der Waals surface area contributed by atoms with Crippen LogP contribution in [-0.2, 0) is 9.53 Å². The highest BCUT2D eigenvalue weighted by Gasteiger charge is 2.16. The number of aryl methyl sites for hydroxylation is 1. The van der Waals surface area contributed by atoms with Gasteiger partial charge < -0.3 is 20.5 Å². The number of urea groups is 1. The number of ether oxygens (including phenoxy) is 1. The van der Waals surface area contributed by atoms with Crippen molar-refractivity contribution < 1.29 is 24.2 Å². The number of carbonyl (C=O) groups excluding carboxylic acids is 2. The quantitative estimate of drug-likeness (QED) is 0.723. The molecule has 0 aliphatic carbocycles. The number of amides is 2. The minimum atomic E-state index is -1.03. The number of carbonyl (C=O) groups is 3. The van der Waals surface area contributed by atoms with Gasteiger partial charge in [-0.1, -0.05) is 0 Å². The van der Waals surface area contributed by atoms with Crippen LogP contribution in [0.15, 0.2) is 18.2 Å². The maximum Gasteiger partial charge on any atom is 0.335 e. The summed E-state index contributed by atoms with van der Waals surface area (Å²) in [6.07, 6.45) is 0. The number of carboxylic acid groups (broad SMARTS) is 1. The molecule has 0 fully saturated rings. The molecule has 7 nitrogen and oxygen atoms in total. The number of methoxy groups -OCH3 is 1. The van der Waals surface area contributed by atoms with Crippen LogP contribution in [0.5, 0.6) is 0 Å². The van der Waals surface area contributed by atoms with Crippen molar-refractivity contribution >= 4 is 23.7 Å². The van der Waals surface area contributed by atoms with Crippen molar-refractivity contribution in [2.24, 2.45) is 0 Å². The van der Waals surface area contributed by atoms with Gasteiger partial charge in [0.15, 0.2) is 0 Å². The first kappa shape index (κ1) is 15.5. The number of rotatable bonds is 4. The molecule has 0 heterocycles. The molecule has 0 saturated heterocycles. The van der Waals surface area contributed by atoms with Gasteiger partial charge in [0.2, 0.25) is 0 Å². The van der Waals surface area contributed by atoms with Gasteiger partial charge in [-0.3, -0.25) is 0 Å². The zero-order chi connectivity index (χ0) is 15.3. The Morgan fingerprint density at radius 3 is 2.45 bits per heavy atom. The molecule has 0 aliphatic rings. The summed E-state index contributed by atoms with van der Waals surface area (Å²) in [7, 11) is 1.23. The summed E-state index contributed by atoms with van der Waals surface area (Å²) >= 11 is 0. The number of hydrogen-bond donors (Lipinski definition) is 3. The molecule has 108 valence electrons. The van der Waals surface area contributed by atoms with Crippen molar-refractivity contribution in [3.8, 4) is 0 Å². The van der Waals surface area contributed by atoms with Gasteiger partial charge in [-0.15, -0.1) is 0 Å². The van der Waals surface area contributed by atoms with E-state index in [1.807, 2.05) is 0 Å². The van der Waals surface area contributed by atoms with E-state index in [4.69, 9.17) is 5.11 Å². The third-order valence-electron chi connectivity index (χ3n) is 2.62. The molecule has 2 amide bonds. The van der Waals surface area contributed by atoms with E-state index < -0.39 is 24.0 Å². The second-order valence-electron chi connectivity index (χ2n) is 4.18. The molecule has 1 aromatic rings. The Hall–Kier alpha value is -2.57. The highest BCUT2D eigenvalue weighted by atomic mass is 16.5. The topological polar surface area (TPSA) is 105 Å². The van der Waals surface area contributed by atoms with E-state index in [2.05, 4.69) is 15.4 Å². The average Bonchev–Trinajstić information content (AvgIpc) is 2.37. The van der Waals surface area contributed by atoms with Gasteiger partial charge in [-0.05, 0) is 37.6 Å². The van der Waals surface area contributed by atoms with Crippen LogP contribution in [-0.4, -0.2) is 36.2 Å². The Bertz CT molecular complexity index is 542. The zero-order valence-electron chi connectivity index (χ0n) is 11.4. The van der Waals surface area contributed by atoms with Gasteiger partial charge in [0.25, 0.3) is 0 Å². The van der Waals surface area contributed by atoms with E-state index in [1.165, 1.54) is 32.2 Å². The normalized spacial score (nSPS) is 11.3. The fourth-order valence-electron chi connectivity index (χ4n) is 1.58. The lowest BCUT2D eigenvalue weighted by atomic mass is 10.1. The van der Waals surface area contributed by atoms with Gasteiger partial charge in [-0.2, -0.15) is 0 Å². The van der Waals surface area contributed by atoms with E-state index in [0.717, 1.165) is 0 Å². The number of esters is 1. The van der Waals surface area contributed by atoms with Crippen LogP contribution >= 0.6 is 0 Å². The van der Waals surface area contributed by atoms with Gasteiger partial charge >= 0.3 is 18.0 Å². The molecule has 0 saturated carbocycles.